The number of hydrogen-bond donors (Lipinski definition) is 3. The van der Waals surface area contributed by atoms with E-state index in [2.05, 4.69) is 70.0 Å². The zero-order chi connectivity index (χ0) is 51.7. The van der Waals surface area contributed by atoms with Crippen LogP contribution in [0.25, 0.3) is 133 Å². The third-order valence-corrected chi connectivity index (χ3v) is 15.0. The van der Waals surface area contributed by atoms with Gasteiger partial charge in [0.15, 0.2) is 0 Å². The fourth-order valence-corrected chi connectivity index (χ4v) is 10.7. The third kappa shape index (κ3) is 7.53. The lowest BCUT2D eigenvalue weighted by atomic mass is 9.88. The number of ether oxygens (including phenoxy) is 3. The van der Waals surface area contributed by atoms with E-state index in [4.69, 9.17) is 29.2 Å². The maximum atomic E-state index is 6.69. The second-order valence-corrected chi connectivity index (χ2v) is 19.6. The first kappa shape index (κ1) is 45.0. The van der Waals surface area contributed by atoms with E-state index in [0.717, 1.165) is 133 Å². The quantitative estimate of drug-likeness (QED) is 0.0928. The molecule has 0 bridgehead atoms. The Morgan fingerprint density at radius 1 is 0.321 bits per heavy atom. The molecular formula is C63H44N12O3. The van der Waals surface area contributed by atoms with Crippen molar-refractivity contribution in [1.82, 2.24) is 59.8 Å². The fourth-order valence-electron chi connectivity index (χ4n) is 10.7. The van der Waals surface area contributed by atoms with Crippen molar-refractivity contribution >= 4 is 98.5 Å². The van der Waals surface area contributed by atoms with Gasteiger partial charge in [-0.15, -0.1) is 0 Å². The Balaban J connectivity index is 0.708. The van der Waals surface area contributed by atoms with Crippen LogP contribution < -0.4 is 14.2 Å². The molecule has 0 saturated carbocycles. The maximum absolute atomic E-state index is 6.69. The Kier molecular flexibility index (Phi) is 10.5. The van der Waals surface area contributed by atoms with Crippen LogP contribution in [0.3, 0.4) is 0 Å². The first-order chi connectivity index (χ1) is 38.5. The minimum Gasteiger partial charge on any atom is -0.493 e. The average molecular weight is 1020 g/mol. The molecule has 0 amide bonds. The second kappa shape index (κ2) is 18.2. The summed E-state index contributed by atoms with van der Waals surface area (Å²) >= 11 is 0. The van der Waals surface area contributed by atoms with Gasteiger partial charge in [-0.05, 0) is 152 Å². The van der Waals surface area contributed by atoms with Gasteiger partial charge in [0.1, 0.15) is 54.5 Å². The summed E-state index contributed by atoms with van der Waals surface area (Å²) in [5.74, 6) is 4.36. The summed E-state index contributed by atoms with van der Waals surface area (Å²) in [6.07, 6.45) is 11.5. The molecule has 15 aromatic rings. The molecule has 15 heteroatoms. The molecule has 0 aliphatic heterocycles. The molecule has 78 heavy (non-hydrogen) atoms. The van der Waals surface area contributed by atoms with E-state index in [1.54, 1.807) is 37.2 Å². The van der Waals surface area contributed by atoms with Crippen LogP contribution >= 0.6 is 0 Å². The maximum Gasteiger partial charge on any atom is 0.138 e. The highest BCUT2D eigenvalue weighted by Crippen LogP contribution is 2.38. The van der Waals surface area contributed by atoms with Crippen molar-refractivity contribution in [1.29, 1.82) is 0 Å². The Hall–Kier alpha value is -10.4. The van der Waals surface area contributed by atoms with Gasteiger partial charge in [-0.1, -0.05) is 6.92 Å². The van der Waals surface area contributed by atoms with E-state index in [0.29, 0.717) is 43.5 Å². The number of rotatable bonds is 13. The second-order valence-electron chi connectivity index (χ2n) is 19.6. The summed E-state index contributed by atoms with van der Waals surface area (Å²) in [5.41, 5.74) is 12.5. The number of H-pyrrole nitrogens is 3. The molecule has 9 aromatic heterocycles. The zero-order valence-electron chi connectivity index (χ0n) is 41.9. The minimum atomic E-state index is -0.579. The Bertz CT molecular complexity index is 4110. The third-order valence-electron chi connectivity index (χ3n) is 15.0. The molecule has 374 valence electrons. The van der Waals surface area contributed by atoms with E-state index in [9.17, 15) is 0 Å². The normalized spacial score (nSPS) is 12.1. The Morgan fingerprint density at radius 2 is 0.577 bits per heavy atom. The predicted molar refractivity (Wildman–Crippen MR) is 306 cm³/mol. The van der Waals surface area contributed by atoms with Gasteiger partial charge in [0.25, 0.3) is 0 Å². The van der Waals surface area contributed by atoms with E-state index < -0.39 is 5.41 Å². The molecule has 0 fully saturated rings. The standard InChI is InChI=1S/C63H44N12O3/c1-2-63(33-76-39-21-15-36(16-22-39)60-70-54-42-9-3-27-64-48(42)49-43(55(54)71-60)10-4-28-65-49,34-77-40-23-17-37(18-24-40)61-72-56-44-11-5-29-66-50(44)51-45(57(56)73-61)12-6-30-67-51)35-78-41-25-19-38(20-26-41)62-74-58-46-13-7-31-68-52(46)53-47(59(58)75-62)14-8-32-69-53/h3-32H,2,33-35H2,1H3,(H,70,71)(H,72,73)(H,74,75). The van der Waals surface area contributed by atoms with Gasteiger partial charge in [-0.3, -0.25) is 29.9 Å². The van der Waals surface area contributed by atoms with Crippen LogP contribution in [0.4, 0.5) is 0 Å². The average Bonchev–Trinajstić information content (AvgIpc) is 4.48. The van der Waals surface area contributed by atoms with Gasteiger partial charge in [0, 0.05) is 86.2 Å². The highest BCUT2D eigenvalue weighted by Gasteiger charge is 2.33. The molecule has 0 radical (unpaired) electrons. The highest BCUT2D eigenvalue weighted by atomic mass is 16.5. The van der Waals surface area contributed by atoms with Crippen molar-refractivity contribution in [3.63, 3.8) is 0 Å². The van der Waals surface area contributed by atoms with Crippen LogP contribution in [-0.2, 0) is 0 Å². The fraction of sp³-hybridized carbons (Fsp3) is 0.0952. The predicted octanol–water partition coefficient (Wildman–Crippen LogP) is 13.5. The van der Waals surface area contributed by atoms with E-state index in [1.165, 1.54) is 0 Å². The molecule has 9 heterocycles. The lowest BCUT2D eigenvalue weighted by molar-refractivity contribution is 0.0293. The van der Waals surface area contributed by atoms with Gasteiger partial charge in [0.2, 0.25) is 0 Å². The minimum absolute atomic E-state index is 0.316. The molecule has 0 spiro atoms. The molecule has 15 nitrogen and oxygen atoms in total. The molecule has 3 N–H and O–H groups in total. The topological polar surface area (TPSA) is 191 Å². The zero-order valence-corrected chi connectivity index (χ0v) is 41.9. The molecule has 6 aromatic carbocycles. The van der Waals surface area contributed by atoms with Gasteiger partial charge < -0.3 is 29.2 Å². The van der Waals surface area contributed by atoms with Crippen molar-refractivity contribution in [2.45, 2.75) is 13.3 Å². The van der Waals surface area contributed by atoms with Crippen LogP contribution in [0.5, 0.6) is 17.2 Å². The molecule has 0 unspecified atom stereocenters. The van der Waals surface area contributed by atoms with Crippen molar-refractivity contribution in [3.05, 3.63) is 183 Å². The van der Waals surface area contributed by atoms with E-state index in [-0.39, 0.29) is 0 Å². The molecule has 0 aliphatic carbocycles. The number of aromatic nitrogens is 12. The molecule has 0 atom stereocenters. The van der Waals surface area contributed by atoms with Crippen molar-refractivity contribution < 1.29 is 14.2 Å². The number of fused-ring (bicyclic) bond motifs is 18. The number of hydrogen-bond acceptors (Lipinski definition) is 12. The Morgan fingerprint density at radius 3 is 0.846 bits per heavy atom. The number of pyridine rings is 6. The molecule has 0 aliphatic rings. The van der Waals surface area contributed by atoms with Gasteiger partial charge in [-0.2, -0.15) is 0 Å². The van der Waals surface area contributed by atoms with Crippen LogP contribution in [0.1, 0.15) is 13.3 Å². The smallest absolute Gasteiger partial charge is 0.138 e. The van der Waals surface area contributed by atoms with Crippen LogP contribution in [0.15, 0.2) is 183 Å². The Labute approximate surface area is 443 Å². The van der Waals surface area contributed by atoms with Crippen LogP contribution in [0.2, 0.25) is 0 Å². The van der Waals surface area contributed by atoms with E-state index >= 15 is 0 Å². The lowest BCUT2D eigenvalue weighted by Crippen LogP contribution is -2.40. The van der Waals surface area contributed by atoms with Crippen LogP contribution in [0, 0.1) is 5.41 Å². The first-order valence-corrected chi connectivity index (χ1v) is 25.8. The summed E-state index contributed by atoms with van der Waals surface area (Å²) in [6, 6.07) is 47.9. The van der Waals surface area contributed by atoms with Gasteiger partial charge >= 0.3 is 0 Å². The number of aromatic amines is 3. The summed E-state index contributed by atoms with van der Waals surface area (Å²) in [7, 11) is 0. The number of benzene rings is 6. The van der Waals surface area contributed by atoms with E-state index in [1.807, 2.05) is 127 Å². The van der Waals surface area contributed by atoms with Crippen LogP contribution in [-0.4, -0.2) is 79.6 Å². The van der Waals surface area contributed by atoms with Crippen molar-refractivity contribution in [2.75, 3.05) is 19.8 Å². The summed E-state index contributed by atoms with van der Waals surface area (Å²) in [5, 5.41) is 5.76. The number of nitrogens with one attached hydrogen (secondary N) is 3. The lowest BCUT2D eigenvalue weighted by Gasteiger charge is -2.32. The molecular weight excluding hydrogens is 973 g/mol. The molecule has 0 saturated heterocycles. The summed E-state index contributed by atoms with van der Waals surface area (Å²) < 4.78 is 20.1. The van der Waals surface area contributed by atoms with Gasteiger partial charge in [-0.25, -0.2) is 15.0 Å². The summed E-state index contributed by atoms with van der Waals surface area (Å²) in [6.45, 7) is 3.09. The first-order valence-electron chi connectivity index (χ1n) is 25.8. The summed E-state index contributed by atoms with van der Waals surface area (Å²) in [4.78, 5) is 54.1. The van der Waals surface area contributed by atoms with Crippen molar-refractivity contribution in [2.24, 2.45) is 5.41 Å². The largest absolute Gasteiger partial charge is 0.493 e. The SMILES string of the molecule is CCC(COc1ccc(-c2nc3c4cccnc4c4ncccc4c3[nH]2)cc1)(COc1ccc(-c2nc3c4cccnc4c4ncccc4c3[nH]2)cc1)COc1ccc(-c2nc3c4cccnc4c4ncccc4c3[nH]2)cc1. The van der Waals surface area contributed by atoms with Gasteiger partial charge in [0.05, 0.1) is 71.6 Å². The van der Waals surface area contributed by atoms with Crippen molar-refractivity contribution in [3.8, 4) is 51.4 Å². The number of nitrogens with zero attached hydrogens (tertiary/aromatic N) is 9. The monoisotopic (exact) mass is 1020 g/mol. The highest BCUT2D eigenvalue weighted by molar-refractivity contribution is 6.23. The molecule has 15 rings (SSSR count). The number of imidazole rings is 3.